The summed E-state index contributed by atoms with van der Waals surface area (Å²) in [5.74, 6) is -0.224. The highest BCUT2D eigenvalue weighted by molar-refractivity contribution is 5.55. The smallest absolute Gasteiger partial charge is 0.311 e. The third-order valence-corrected chi connectivity index (χ3v) is 2.24. The van der Waals surface area contributed by atoms with E-state index in [1.807, 2.05) is 20.8 Å². The summed E-state index contributed by atoms with van der Waals surface area (Å²) in [6, 6.07) is 3.16. The second-order valence-corrected chi connectivity index (χ2v) is 4.69. The minimum atomic E-state index is -0.558. The van der Waals surface area contributed by atoms with Gasteiger partial charge in [-0.05, 0) is 17.9 Å². The molecule has 0 saturated carbocycles. The maximum absolute atomic E-state index is 10.7. The van der Waals surface area contributed by atoms with Gasteiger partial charge in [0.25, 0.3) is 0 Å². The minimum Gasteiger partial charge on any atom is -0.502 e. The molecule has 1 N–H and O–H groups in total. The van der Waals surface area contributed by atoms with Gasteiger partial charge < -0.3 is 5.11 Å². The molecule has 0 aromatic heterocycles. The zero-order valence-electron chi connectivity index (χ0n) is 9.37. The molecule has 4 heteroatoms. The van der Waals surface area contributed by atoms with Gasteiger partial charge in [-0.1, -0.05) is 26.8 Å². The average Bonchev–Trinajstić information content (AvgIpc) is 2.06. The number of nitro benzene ring substituents is 1. The Kier molecular flexibility index (Phi) is 2.71. The van der Waals surface area contributed by atoms with E-state index in [4.69, 9.17) is 0 Å². The predicted octanol–water partition coefficient (Wildman–Crippen LogP) is 2.91. The molecule has 0 unspecified atom stereocenters. The van der Waals surface area contributed by atoms with Gasteiger partial charge in [-0.3, -0.25) is 10.1 Å². The molecule has 4 nitrogen and oxygen atoms in total. The molecular weight excluding hydrogens is 194 g/mol. The quantitative estimate of drug-likeness (QED) is 0.571. The van der Waals surface area contributed by atoms with Crippen LogP contribution in [0.1, 0.15) is 31.9 Å². The first-order valence-corrected chi connectivity index (χ1v) is 4.72. The summed E-state index contributed by atoms with van der Waals surface area (Å²) in [6.45, 7) is 7.50. The first-order valence-electron chi connectivity index (χ1n) is 4.72. The zero-order valence-corrected chi connectivity index (χ0v) is 9.37. The second kappa shape index (κ2) is 3.53. The lowest BCUT2D eigenvalue weighted by Gasteiger charge is -2.20. The summed E-state index contributed by atoms with van der Waals surface area (Å²) in [4.78, 5) is 10.1. The van der Waals surface area contributed by atoms with Gasteiger partial charge in [0, 0.05) is 11.6 Å². The average molecular weight is 209 g/mol. The first-order chi connectivity index (χ1) is 6.73. The summed E-state index contributed by atoms with van der Waals surface area (Å²) in [6.07, 6.45) is 0. The Bertz CT molecular complexity index is 405. The molecule has 1 rings (SSSR count). The number of nitro groups is 1. The van der Waals surface area contributed by atoms with Crippen molar-refractivity contribution in [2.24, 2.45) is 0 Å². The monoisotopic (exact) mass is 209 g/mol. The van der Waals surface area contributed by atoms with E-state index in [0.717, 1.165) is 5.56 Å². The Morgan fingerprint density at radius 2 is 1.87 bits per heavy atom. The number of hydrogen-bond donors (Lipinski definition) is 1. The molecule has 0 fully saturated rings. The van der Waals surface area contributed by atoms with E-state index in [1.54, 1.807) is 13.0 Å². The summed E-state index contributed by atoms with van der Waals surface area (Å²) >= 11 is 0. The third-order valence-electron chi connectivity index (χ3n) is 2.24. The third kappa shape index (κ3) is 2.26. The van der Waals surface area contributed by atoms with Crippen molar-refractivity contribution in [3.63, 3.8) is 0 Å². The van der Waals surface area contributed by atoms with Gasteiger partial charge in [-0.15, -0.1) is 0 Å². The van der Waals surface area contributed by atoms with Gasteiger partial charge in [-0.25, -0.2) is 0 Å². The van der Waals surface area contributed by atoms with Crippen LogP contribution in [-0.4, -0.2) is 10.0 Å². The summed E-state index contributed by atoms with van der Waals surface area (Å²) < 4.78 is 0. The topological polar surface area (TPSA) is 63.4 Å². The molecule has 0 amide bonds. The standard InChI is InChI=1S/C11H15NO3/c1-7-5-8(11(2,3)4)10(13)9(6-7)12(14)15/h5-6,13H,1-4H3. The maximum atomic E-state index is 10.7. The molecule has 0 atom stereocenters. The van der Waals surface area contributed by atoms with Crippen LogP contribution in [0.3, 0.4) is 0 Å². The molecule has 0 bridgehead atoms. The maximum Gasteiger partial charge on any atom is 0.311 e. The highest BCUT2D eigenvalue weighted by Gasteiger charge is 2.25. The fourth-order valence-electron chi connectivity index (χ4n) is 1.47. The van der Waals surface area contributed by atoms with E-state index in [2.05, 4.69) is 0 Å². The van der Waals surface area contributed by atoms with Gasteiger partial charge in [0.15, 0.2) is 5.75 Å². The number of benzene rings is 1. The molecule has 0 aliphatic heterocycles. The molecule has 0 aliphatic carbocycles. The van der Waals surface area contributed by atoms with E-state index in [-0.39, 0.29) is 16.9 Å². The summed E-state index contributed by atoms with van der Waals surface area (Å²) in [5.41, 5.74) is 0.861. The van der Waals surface area contributed by atoms with E-state index in [0.29, 0.717) is 5.56 Å². The van der Waals surface area contributed by atoms with Crippen LogP contribution in [0.15, 0.2) is 12.1 Å². The number of aromatic hydroxyl groups is 1. The summed E-state index contributed by atoms with van der Waals surface area (Å²) in [5, 5.41) is 20.5. The fraction of sp³-hybridized carbons (Fsp3) is 0.455. The largest absolute Gasteiger partial charge is 0.502 e. The number of phenolic OH excluding ortho intramolecular Hbond substituents is 1. The molecule has 0 aliphatic rings. The molecule has 82 valence electrons. The van der Waals surface area contributed by atoms with Gasteiger partial charge in [0.1, 0.15) is 0 Å². The Morgan fingerprint density at radius 3 is 2.27 bits per heavy atom. The zero-order chi connectivity index (χ0) is 11.8. The first kappa shape index (κ1) is 11.5. The number of aryl methyl sites for hydroxylation is 1. The van der Waals surface area contributed by atoms with Crippen LogP contribution in [-0.2, 0) is 5.41 Å². The van der Waals surface area contributed by atoms with Crippen molar-refractivity contribution in [2.45, 2.75) is 33.1 Å². The molecule has 1 aromatic rings. The lowest BCUT2D eigenvalue weighted by molar-refractivity contribution is -0.386. The van der Waals surface area contributed by atoms with Crippen molar-refractivity contribution in [3.8, 4) is 5.75 Å². The van der Waals surface area contributed by atoms with Crippen LogP contribution >= 0.6 is 0 Å². The van der Waals surface area contributed by atoms with Crippen LogP contribution in [0.25, 0.3) is 0 Å². The van der Waals surface area contributed by atoms with Gasteiger partial charge in [0.2, 0.25) is 0 Å². The van der Waals surface area contributed by atoms with Crippen molar-refractivity contribution in [1.82, 2.24) is 0 Å². The molecule has 15 heavy (non-hydrogen) atoms. The van der Waals surface area contributed by atoms with Crippen LogP contribution < -0.4 is 0 Å². The molecule has 0 heterocycles. The van der Waals surface area contributed by atoms with E-state index < -0.39 is 4.92 Å². The Labute approximate surface area is 88.7 Å². The SMILES string of the molecule is Cc1cc([N+](=O)[O-])c(O)c(C(C)(C)C)c1. The molecule has 0 radical (unpaired) electrons. The van der Waals surface area contributed by atoms with E-state index in [9.17, 15) is 15.2 Å². The normalized spacial score (nSPS) is 11.5. The van der Waals surface area contributed by atoms with Crippen molar-refractivity contribution in [3.05, 3.63) is 33.4 Å². The van der Waals surface area contributed by atoms with Crippen molar-refractivity contribution >= 4 is 5.69 Å². The summed E-state index contributed by atoms with van der Waals surface area (Å²) in [7, 11) is 0. The Balaban J connectivity index is 3.49. The van der Waals surface area contributed by atoms with Crippen molar-refractivity contribution in [1.29, 1.82) is 0 Å². The highest BCUT2D eigenvalue weighted by atomic mass is 16.6. The van der Waals surface area contributed by atoms with Crippen LogP contribution in [0.4, 0.5) is 5.69 Å². The van der Waals surface area contributed by atoms with Crippen LogP contribution in [0, 0.1) is 17.0 Å². The fourth-order valence-corrected chi connectivity index (χ4v) is 1.47. The second-order valence-electron chi connectivity index (χ2n) is 4.69. The molecule has 0 saturated heterocycles. The highest BCUT2D eigenvalue weighted by Crippen LogP contribution is 2.38. The number of nitrogens with zero attached hydrogens (tertiary/aromatic N) is 1. The molecule has 0 spiro atoms. The van der Waals surface area contributed by atoms with E-state index in [1.165, 1.54) is 6.07 Å². The Morgan fingerprint density at radius 1 is 1.33 bits per heavy atom. The van der Waals surface area contributed by atoms with Gasteiger partial charge >= 0.3 is 5.69 Å². The van der Waals surface area contributed by atoms with Crippen molar-refractivity contribution < 1.29 is 10.0 Å². The van der Waals surface area contributed by atoms with Gasteiger partial charge in [-0.2, -0.15) is 0 Å². The van der Waals surface area contributed by atoms with Crippen LogP contribution in [0.5, 0.6) is 5.75 Å². The predicted molar refractivity (Wildman–Crippen MR) is 58.2 cm³/mol. The Hall–Kier alpha value is -1.58. The van der Waals surface area contributed by atoms with Gasteiger partial charge in [0.05, 0.1) is 4.92 Å². The number of phenols is 1. The van der Waals surface area contributed by atoms with E-state index >= 15 is 0 Å². The minimum absolute atomic E-state index is 0.222. The number of rotatable bonds is 1. The molecule has 1 aromatic carbocycles. The molecular formula is C11H15NO3. The van der Waals surface area contributed by atoms with Crippen LogP contribution in [0.2, 0.25) is 0 Å². The van der Waals surface area contributed by atoms with Crippen molar-refractivity contribution in [2.75, 3.05) is 0 Å². The number of hydrogen-bond acceptors (Lipinski definition) is 3. The lowest BCUT2D eigenvalue weighted by atomic mass is 9.85. The lowest BCUT2D eigenvalue weighted by Crippen LogP contribution is -2.12.